The van der Waals surface area contributed by atoms with Crippen LogP contribution in [0, 0.1) is 0 Å². The lowest BCUT2D eigenvalue weighted by Crippen LogP contribution is -2.24. The number of nitrogens with one attached hydrogen (secondary N) is 1. The van der Waals surface area contributed by atoms with Gasteiger partial charge in [0.05, 0.1) is 13.7 Å². The van der Waals surface area contributed by atoms with Gasteiger partial charge in [0.15, 0.2) is 0 Å². The van der Waals surface area contributed by atoms with Gasteiger partial charge in [0.1, 0.15) is 5.75 Å². The Kier molecular flexibility index (Phi) is 8.51. The summed E-state index contributed by atoms with van der Waals surface area (Å²) in [5, 5.41) is 2.95. The standard InChI is InChI=1S/C17H27NO3/c1-4-6-7-10-18-17(19)14-8-9-16(20-3)15(12-14)13-21-11-5-2/h8-9,12H,4-7,10-11,13H2,1-3H3,(H,18,19). The Labute approximate surface area is 127 Å². The van der Waals surface area contributed by atoms with E-state index in [0.717, 1.165) is 43.5 Å². The summed E-state index contributed by atoms with van der Waals surface area (Å²) in [6.45, 7) is 6.11. The van der Waals surface area contributed by atoms with E-state index in [1.54, 1.807) is 13.2 Å². The number of hydrogen-bond donors (Lipinski definition) is 1. The van der Waals surface area contributed by atoms with Crippen molar-refractivity contribution in [3.05, 3.63) is 29.3 Å². The fraction of sp³-hybridized carbons (Fsp3) is 0.588. The van der Waals surface area contributed by atoms with Crippen LogP contribution in [0.3, 0.4) is 0 Å². The van der Waals surface area contributed by atoms with Gasteiger partial charge in [-0.2, -0.15) is 0 Å². The van der Waals surface area contributed by atoms with Crippen molar-refractivity contribution >= 4 is 5.91 Å². The number of carbonyl (C=O) groups is 1. The molecular weight excluding hydrogens is 266 g/mol. The highest BCUT2D eigenvalue weighted by molar-refractivity contribution is 5.94. The van der Waals surface area contributed by atoms with Gasteiger partial charge in [0, 0.05) is 24.3 Å². The van der Waals surface area contributed by atoms with E-state index in [2.05, 4.69) is 19.2 Å². The molecule has 4 heteroatoms. The number of benzene rings is 1. The molecule has 0 atom stereocenters. The van der Waals surface area contributed by atoms with Crippen molar-refractivity contribution in [1.29, 1.82) is 0 Å². The van der Waals surface area contributed by atoms with Gasteiger partial charge in [-0.3, -0.25) is 4.79 Å². The Morgan fingerprint density at radius 2 is 2.00 bits per heavy atom. The van der Waals surface area contributed by atoms with Crippen LogP contribution in [-0.2, 0) is 11.3 Å². The molecule has 0 saturated carbocycles. The molecule has 118 valence electrons. The predicted molar refractivity (Wildman–Crippen MR) is 84.8 cm³/mol. The second-order valence-electron chi connectivity index (χ2n) is 5.04. The third-order valence-electron chi connectivity index (χ3n) is 3.21. The van der Waals surface area contributed by atoms with Crippen LogP contribution in [0.15, 0.2) is 18.2 Å². The second-order valence-corrected chi connectivity index (χ2v) is 5.04. The van der Waals surface area contributed by atoms with Gasteiger partial charge in [-0.05, 0) is 31.0 Å². The van der Waals surface area contributed by atoms with Gasteiger partial charge in [-0.25, -0.2) is 0 Å². The van der Waals surface area contributed by atoms with E-state index in [1.807, 2.05) is 12.1 Å². The number of rotatable bonds is 10. The summed E-state index contributed by atoms with van der Waals surface area (Å²) in [5.74, 6) is 0.721. The summed E-state index contributed by atoms with van der Waals surface area (Å²) in [6, 6.07) is 5.46. The van der Waals surface area contributed by atoms with E-state index in [9.17, 15) is 4.79 Å². The highest BCUT2D eigenvalue weighted by Gasteiger charge is 2.10. The largest absolute Gasteiger partial charge is 0.496 e. The van der Waals surface area contributed by atoms with E-state index in [1.165, 1.54) is 0 Å². The topological polar surface area (TPSA) is 47.6 Å². The fourth-order valence-corrected chi connectivity index (χ4v) is 2.04. The van der Waals surface area contributed by atoms with Gasteiger partial charge in [-0.1, -0.05) is 26.7 Å². The third-order valence-corrected chi connectivity index (χ3v) is 3.21. The van der Waals surface area contributed by atoms with Crippen LogP contribution in [0.2, 0.25) is 0 Å². The molecular formula is C17H27NO3. The maximum atomic E-state index is 12.1. The molecule has 0 aliphatic heterocycles. The lowest BCUT2D eigenvalue weighted by molar-refractivity contribution is 0.0952. The zero-order valence-electron chi connectivity index (χ0n) is 13.4. The van der Waals surface area contributed by atoms with Crippen molar-refractivity contribution in [2.24, 2.45) is 0 Å². The van der Waals surface area contributed by atoms with Crippen molar-refractivity contribution in [3.63, 3.8) is 0 Å². The summed E-state index contributed by atoms with van der Waals surface area (Å²) in [7, 11) is 1.63. The average Bonchev–Trinajstić information content (AvgIpc) is 2.51. The van der Waals surface area contributed by atoms with E-state index in [-0.39, 0.29) is 5.91 Å². The lowest BCUT2D eigenvalue weighted by atomic mass is 10.1. The highest BCUT2D eigenvalue weighted by atomic mass is 16.5. The molecule has 1 rings (SSSR count). The lowest BCUT2D eigenvalue weighted by Gasteiger charge is -2.11. The summed E-state index contributed by atoms with van der Waals surface area (Å²) < 4.78 is 10.9. The Balaban J connectivity index is 2.65. The van der Waals surface area contributed by atoms with Gasteiger partial charge in [0.2, 0.25) is 0 Å². The van der Waals surface area contributed by atoms with Crippen LogP contribution >= 0.6 is 0 Å². The zero-order chi connectivity index (χ0) is 15.5. The molecule has 1 aromatic carbocycles. The molecule has 0 aliphatic rings. The molecule has 1 amide bonds. The van der Waals surface area contributed by atoms with Gasteiger partial charge >= 0.3 is 0 Å². The molecule has 0 spiro atoms. The Morgan fingerprint density at radius 1 is 1.19 bits per heavy atom. The molecule has 1 aromatic rings. The first kappa shape index (κ1) is 17.5. The minimum absolute atomic E-state index is 0.0366. The molecule has 0 fully saturated rings. The average molecular weight is 293 g/mol. The number of amides is 1. The summed E-state index contributed by atoms with van der Waals surface area (Å²) in [6.07, 6.45) is 4.28. The molecule has 0 bridgehead atoms. The number of carbonyl (C=O) groups excluding carboxylic acids is 1. The van der Waals surface area contributed by atoms with Crippen LogP contribution < -0.4 is 10.1 Å². The molecule has 0 saturated heterocycles. The van der Waals surface area contributed by atoms with Crippen molar-refractivity contribution in [2.45, 2.75) is 46.1 Å². The first-order valence-corrected chi connectivity index (χ1v) is 7.75. The molecule has 21 heavy (non-hydrogen) atoms. The van der Waals surface area contributed by atoms with E-state index in [4.69, 9.17) is 9.47 Å². The maximum Gasteiger partial charge on any atom is 0.251 e. The smallest absolute Gasteiger partial charge is 0.251 e. The minimum Gasteiger partial charge on any atom is -0.496 e. The molecule has 0 unspecified atom stereocenters. The summed E-state index contributed by atoms with van der Waals surface area (Å²) >= 11 is 0. The molecule has 4 nitrogen and oxygen atoms in total. The summed E-state index contributed by atoms with van der Waals surface area (Å²) in [5.41, 5.74) is 1.56. The van der Waals surface area contributed by atoms with Gasteiger partial charge < -0.3 is 14.8 Å². The predicted octanol–water partition coefficient (Wildman–Crippen LogP) is 3.54. The Bertz CT molecular complexity index is 432. The molecule has 0 aromatic heterocycles. The Morgan fingerprint density at radius 3 is 2.67 bits per heavy atom. The first-order chi connectivity index (χ1) is 10.2. The maximum absolute atomic E-state index is 12.1. The third kappa shape index (κ3) is 6.17. The van der Waals surface area contributed by atoms with Crippen molar-refractivity contribution in [2.75, 3.05) is 20.3 Å². The van der Waals surface area contributed by atoms with E-state index >= 15 is 0 Å². The summed E-state index contributed by atoms with van der Waals surface area (Å²) in [4.78, 5) is 12.1. The normalized spacial score (nSPS) is 10.4. The number of methoxy groups -OCH3 is 1. The fourth-order valence-electron chi connectivity index (χ4n) is 2.04. The minimum atomic E-state index is -0.0366. The molecule has 0 heterocycles. The molecule has 0 aliphatic carbocycles. The van der Waals surface area contributed by atoms with E-state index in [0.29, 0.717) is 18.8 Å². The number of unbranched alkanes of at least 4 members (excludes halogenated alkanes) is 2. The van der Waals surface area contributed by atoms with Crippen LogP contribution in [0.4, 0.5) is 0 Å². The molecule has 1 N–H and O–H groups in total. The van der Waals surface area contributed by atoms with Gasteiger partial charge in [-0.15, -0.1) is 0 Å². The van der Waals surface area contributed by atoms with Gasteiger partial charge in [0.25, 0.3) is 5.91 Å². The number of hydrogen-bond acceptors (Lipinski definition) is 3. The van der Waals surface area contributed by atoms with Crippen LogP contribution in [-0.4, -0.2) is 26.2 Å². The monoisotopic (exact) mass is 293 g/mol. The Hall–Kier alpha value is -1.55. The van der Waals surface area contributed by atoms with E-state index < -0.39 is 0 Å². The van der Waals surface area contributed by atoms with Crippen molar-refractivity contribution in [1.82, 2.24) is 5.32 Å². The van der Waals surface area contributed by atoms with Crippen LogP contribution in [0.25, 0.3) is 0 Å². The quantitative estimate of drug-likeness (QED) is 0.671. The highest BCUT2D eigenvalue weighted by Crippen LogP contribution is 2.21. The zero-order valence-corrected chi connectivity index (χ0v) is 13.4. The number of ether oxygens (including phenoxy) is 2. The SMILES string of the molecule is CCCCCNC(=O)c1ccc(OC)c(COCCC)c1. The second kappa shape index (κ2) is 10.2. The van der Waals surface area contributed by atoms with Crippen LogP contribution in [0.1, 0.15) is 55.5 Å². The molecule has 0 radical (unpaired) electrons. The van der Waals surface area contributed by atoms with Crippen LogP contribution in [0.5, 0.6) is 5.75 Å². The van der Waals surface area contributed by atoms with Crippen molar-refractivity contribution < 1.29 is 14.3 Å². The first-order valence-electron chi connectivity index (χ1n) is 7.75. The van der Waals surface area contributed by atoms with Crippen molar-refractivity contribution in [3.8, 4) is 5.75 Å².